The van der Waals surface area contributed by atoms with Crippen molar-refractivity contribution >= 4 is 21.8 Å². The van der Waals surface area contributed by atoms with Gasteiger partial charge in [-0.15, -0.1) is 0 Å². The third-order valence-electron chi connectivity index (χ3n) is 5.51. The van der Waals surface area contributed by atoms with Crippen LogP contribution in [-0.2, 0) is 19.4 Å². The minimum atomic E-state index is -4.21. The molecule has 0 aliphatic carbocycles. The van der Waals surface area contributed by atoms with E-state index in [0.717, 1.165) is 0 Å². The molecule has 2 aromatic rings. The summed E-state index contributed by atoms with van der Waals surface area (Å²) in [6, 6.07) is 14.8. The SMILES string of the molecule is CC(C)COC(=O)N1CCC(C(=O)NO)(S(=O)(=O)c2ccc(Oc3ccccc3)cc2)CC1. The van der Waals surface area contributed by atoms with Crippen molar-refractivity contribution in [3.8, 4) is 11.5 Å². The summed E-state index contributed by atoms with van der Waals surface area (Å²) in [7, 11) is -4.21. The standard InChI is InChI=1S/C23H28N2O7S/c1-17(2)16-31-22(27)25-14-12-23(13-15-25,21(26)24-28)33(29,30)20-10-8-19(9-11-20)32-18-6-4-3-5-7-18/h3-11,17,28H,12-16H2,1-2H3,(H,24,26). The molecule has 178 valence electrons. The zero-order valence-corrected chi connectivity index (χ0v) is 19.4. The molecule has 0 unspecified atom stereocenters. The molecule has 33 heavy (non-hydrogen) atoms. The second-order valence-electron chi connectivity index (χ2n) is 8.28. The summed E-state index contributed by atoms with van der Waals surface area (Å²) < 4.78 is 36.0. The molecule has 1 aliphatic rings. The van der Waals surface area contributed by atoms with Gasteiger partial charge in [-0.2, -0.15) is 0 Å². The Morgan fingerprint density at radius 1 is 1.03 bits per heavy atom. The highest BCUT2D eigenvalue weighted by Gasteiger charge is 2.53. The predicted molar refractivity (Wildman–Crippen MR) is 120 cm³/mol. The number of amides is 2. The van der Waals surface area contributed by atoms with Gasteiger partial charge in [0.15, 0.2) is 14.6 Å². The lowest BCUT2D eigenvalue weighted by Gasteiger charge is -2.38. The van der Waals surface area contributed by atoms with Crippen molar-refractivity contribution in [2.75, 3.05) is 19.7 Å². The average Bonchev–Trinajstić information content (AvgIpc) is 2.83. The van der Waals surface area contributed by atoms with Crippen LogP contribution in [0.3, 0.4) is 0 Å². The molecule has 1 aliphatic heterocycles. The molecule has 2 amide bonds. The van der Waals surface area contributed by atoms with E-state index in [4.69, 9.17) is 9.47 Å². The van der Waals surface area contributed by atoms with E-state index in [1.165, 1.54) is 34.6 Å². The smallest absolute Gasteiger partial charge is 0.409 e. The Morgan fingerprint density at radius 2 is 1.61 bits per heavy atom. The number of carbonyl (C=O) groups is 2. The van der Waals surface area contributed by atoms with Crippen LogP contribution >= 0.6 is 0 Å². The van der Waals surface area contributed by atoms with Gasteiger partial charge in [-0.1, -0.05) is 32.0 Å². The summed E-state index contributed by atoms with van der Waals surface area (Å²) in [4.78, 5) is 26.2. The van der Waals surface area contributed by atoms with Gasteiger partial charge >= 0.3 is 6.09 Å². The number of nitrogens with zero attached hydrogens (tertiary/aromatic N) is 1. The van der Waals surface area contributed by atoms with Crippen molar-refractivity contribution in [1.82, 2.24) is 10.4 Å². The Hall–Kier alpha value is -3.11. The van der Waals surface area contributed by atoms with Gasteiger partial charge in [-0.3, -0.25) is 10.0 Å². The van der Waals surface area contributed by atoms with Crippen molar-refractivity contribution in [3.63, 3.8) is 0 Å². The number of rotatable bonds is 7. The first-order valence-corrected chi connectivity index (χ1v) is 12.1. The number of piperidine rings is 1. The van der Waals surface area contributed by atoms with E-state index >= 15 is 0 Å². The van der Waals surface area contributed by atoms with Crippen molar-refractivity contribution < 1.29 is 32.7 Å². The molecule has 1 saturated heterocycles. The van der Waals surface area contributed by atoms with E-state index in [9.17, 15) is 23.2 Å². The largest absolute Gasteiger partial charge is 0.457 e. The van der Waals surface area contributed by atoms with Gasteiger partial charge < -0.3 is 14.4 Å². The van der Waals surface area contributed by atoms with Gasteiger partial charge in [0.25, 0.3) is 5.91 Å². The molecule has 3 rings (SSSR count). The summed E-state index contributed by atoms with van der Waals surface area (Å²) in [5.74, 6) is 0.166. The number of nitrogens with one attached hydrogen (secondary N) is 1. The highest BCUT2D eigenvalue weighted by molar-refractivity contribution is 7.93. The molecule has 1 fully saturated rings. The fraction of sp³-hybridized carbons (Fsp3) is 0.391. The van der Waals surface area contributed by atoms with E-state index < -0.39 is 26.6 Å². The lowest BCUT2D eigenvalue weighted by molar-refractivity contribution is -0.133. The zero-order chi connectivity index (χ0) is 24.1. The second-order valence-corrected chi connectivity index (χ2v) is 10.5. The first-order chi connectivity index (χ1) is 15.7. The molecule has 2 aromatic carbocycles. The van der Waals surface area contributed by atoms with Crippen LogP contribution in [0.4, 0.5) is 4.79 Å². The molecular formula is C23H28N2O7S. The Morgan fingerprint density at radius 3 is 2.15 bits per heavy atom. The number of sulfone groups is 1. The van der Waals surface area contributed by atoms with Gasteiger partial charge in [0.05, 0.1) is 11.5 Å². The fourth-order valence-corrected chi connectivity index (χ4v) is 5.59. The average molecular weight is 477 g/mol. The summed E-state index contributed by atoms with van der Waals surface area (Å²) >= 11 is 0. The predicted octanol–water partition coefficient (Wildman–Crippen LogP) is 3.39. The lowest BCUT2D eigenvalue weighted by atomic mass is 9.95. The number of hydrogen-bond donors (Lipinski definition) is 2. The van der Waals surface area contributed by atoms with E-state index in [1.54, 1.807) is 12.1 Å². The third kappa shape index (κ3) is 5.28. The molecule has 10 heteroatoms. The molecule has 0 saturated carbocycles. The number of para-hydroxylation sites is 1. The monoisotopic (exact) mass is 476 g/mol. The minimum Gasteiger partial charge on any atom is -0.457 e. The van der Waals surface area contributed by atoms with Crippen molar-refractivity contribution in [2.24, 2.45) is 5.92 Å². The molecule has 0 atom stereocenters. The van der Waals surface area contributed by atoms with Crippen LogP contribution in [0.1, 0.15) is 26.7 Å². The normalized spacial score (nSPS) is 15.7. The molecule has 0 radical (unpaired) electrons. The summed E-state index contributed by atoms with van der Waals surface area (Å²) in [5, 5.41) is 9.30. The molecule has 1 heterocycles. The quantitative estimate of drug-likeness (QED) is 0.464. The molecule has 0 aromatic heterocycles. The number of hydrogen-bond acceptors (Lipinski definition) is 7. The third-order valence-corrected chi connectivity index (χ3v) is 8.03. The van der Waals surface area contributed by atoms with Crippen LogP contribution in [0.2, 0.25) is 0 Å². The van der Waals surface area contributed by atoms with Gasteiger partial charge in [-0.05, 0) is 55.2 Å². The number of likely N-dealkylation sites (tertiary alicyclic amines) is 1. The van der Waals surface area contributed by atoms with E-state index in [1.807, 2.05) is 32.0 Å². The second kappa shape index (κ2) is 10.2. The number of hydroxylamine groups is 1. The van der Waals surface area contributed by atoms with Crippen LogP contribution in [0, 0.1) is 5.92 Å². The summed E-state index contributed by atoms with van der Waals surface area (Å²) in [5.41, 5.74) is 1.50. The van der Waals surface area contributed by atoms with Gasteiger partial charge in [-0.25, -0.2) is 18.7 Å². The van der Waals surface area contributed by atoms with E-state index in [2.05, 4.69) is 0 Å². The summed E-state index contributed by atoms with van der Waals surface area (Å²) in [6.45, 7) is 4.05. The van der Waals surface area contributed by atoms with Crippen molar-refractivity contribution in [2.45, 2.75) is 36.3 Å². The van der Waals surface area contributed by atoms with Gasteiger partial charge in [0.1, 0.15) is 11.5 Å². The lowest BCUT2D eigenvalue weighted by Crippen LogP contribution is -2.58. The minimum absolute atomic E-state index is 0.00121. The van der Waals surface area contributed by atoms with E-state index in [-0.39, 0.29) is 43.4 Å². The Bertz CT molecular complexity index is 1060. The highest BCUT2D eigenvalue weighted by atomic mass is 32.2. The van der Waals surface area contributed by atoms with Crippen LogP contribution in [0.5, 0.6) is 11.5 Å². The maximum atomic E-state index is 13.5. The van der Waals surface area contributed by atoms with Gasteiger partial charge in [0.2, 0.25) is 0 Å². The molecule has 0 bridgehead atoms. The number of benzene rings is 2. The first-order valence-electron chi connectivity index (χ1n) is 10.6. The molecule has 9 nitrogen and oxygen atoms in total. The molecule has 0 spiro atoms. The Kier molecular flexibility index (Phi) is 7.60. The maximum absolute atomic E-state index is 13.5. The highest BCUT2D eigenvalue weighted by Crippen LogP contribution is 2.37. The number of ether oxygens (including phenoxy) is 2. The topological polar surface area (TPSA) is 122 Å². The molecular weight excluding hydrogens is 448 g/mol. The Balaban J connectivity index is 1.79. The van der Waals surface area contributed by atoms with Crippen LogP contribution < -0.4 is 10.2 Å². The first kappa shape index (κ1) is 24.5. The van der Waals surface area contributed by atoms with Crippen molar-refractivity contribution in [1.29, 1.82) is 0 Å². The van der Waals surface area contributed by atoms with Crippen LogP contribution in [0.15, 0.2) is 59.5 Å². The van der Waals surface area contributed by atoms with Crippen molar-refractivity contribution in [3.05, 3.63) is 54.6 Å². The van der Waals surface area contributed by atoms with E-state index in [0.29, 0.717) is 11.5 Å². The maximum Gasteiger partial charge on any atom is 0.409 e. The fourth-order valence-electron chi connectivity index (χ4n) is 3.64. The summed E-state index contributed by atoms with van der Waals surface area (Å²) in [6.07, 6.45) is -0.914. The Labute approximate surface area is 193 Å². The van der Waals surface area contributed by atoms with Crippen LogP contribution in [0.25, 0.3) is 0 Å². The number of carbonyl (C=O) groups excluding carboxylic acids is 2. The molecule has 2 N–H and O–H groups in total. The van der Waals surface area contributed by atoms with Gasteiger partial charge in [0, 0.05) is 13.1 Å². The van der Waals surface area contributed by atoms with Crippen LogP contribution in [-0.4, -0.2) is 55.0 Å². The zero-order valence-electron chi connectivity index (χ0n) is 18.6.